The van der Waals surface area contributed by atoms with Gasteiger partial charge in [-0.15, -0.1) is 0 Å². The quantitative estimate of drug-likeness (QED) is 0.432. The molecule has 1 aromatic heterocycles. The highest BCUT2D eigenvalue weighted by Crippen LogP contribution is 2.11. The van der Waals surface area contributed by atoms with E-state index in [4.69, 9.17) is 22.9 Å². The van der Waals surface area contributed by atoms with Crippen LogP contribution in [0.4, 0.5) is 11.5 Å². The van der Waals surface area contributed by atoms with E-state index >= 15 is 0 Å². The molecule has 0 bridgehead atoms. The minimum absolute atomic E-state index is 0.133. The summed E-state index contributed by atoms with van der Waals surface area (Å²) in [5, 5.41) is 3.93. The van der Waals surface area contributed by atoms with Crippen molar-refractivity contribution in [1.29, 1.82) is 0 Å². The number of hydrogen-bond acceptors (Lipinski definition) is 5. The maximum absolute atomic E-state index is 5.60. The summed E-state index contributed by atoms with van der Waals surface area (Å²) >= 11 is 0. The first-order valence-corrected chi connectivity index (χ1v) is 3.67. The number of anilines is 2. The summed E-state index contributed by atoms with van der Waals surface area (Å²) in [4.78, 5) is 0. The number of nitrogens with two attached hydrogens (primary N) is 4. The Balaban J connectivity index is 2.69. The zero-order chi connectivity index (χ0) is 9.14. The first-order chi connectivity index (χ1) is 5.65. The Morgan fingerprint density at radius 3 is 2.58 bits per heavy atom. The van der Waals surface area contributed by atoms with Crippen LogP contribution in [0.5, 0.6) is 0 Å². The number of aromatic nitrogens is 2. The number of nitrogen functional groups attached to an aromatic ring is 2. The summed E-state index contributed by atoms with van der Waals surface area (Å²) < 4.78 is 1.55. The Bertz CT molecular complexity index is 255. The monoisotopic (exact) mass is 170 g/mol. The van der Waals surface area contributed by atoms with Crippen LogP contribution in [0.3, 0.4) is 0 Å². The van der Waals surface area contributed by atoms with Gasteiger partial charge >= 0.3 is 0 Å². The van der Waals surface area contributed by atoms with E-state index in [-0.39, 0.29) is 6.04 Å². The normalized spacial score (nSPS) is 13.2. The molecule has 68 valence electrons. The van der Waals surface area contributed by atoms with E-state index in [0.717, 1.165) is 0 Å². The highest BCUT2D eigenvalue weighted by Gasteiger charge is 2.06. The van der Waals surface area contributed by atoms with Crippen molar-refractivity contribution in [2.75, 3.05) is 18.0 Å². The minimum Gasteiger partial charge on any atom is -0.394 e. The van der Waals surface area contributed by atoms with Gasteiger partial charge in [-0.1, -0.05) is 0 Å². The summed E-state index contributed by atoms with van der Waals surface area (Å²) in [5.41, 5.74) is 22.5. The summed E-state index contributed by atoms with van der Waals surface area (Å²) in [6.07, 6.45) is 1.50. The molecule has 0 radical (unpaired) electrons. The summed E-state index contributed by atoms with van der Waals surface area (Å²) in [6, 6.07) is -0.133. The first kappa shape index (κ1) is 8.82. The fourth-order valence-electron chi connectivity index (χ4n) is 0.851. The lowest BCUT2D eigenvalue weighted by Crippen LogP contribution is -2.34. The topological polar surface area (TPSA) is 122 Å². The molecule has 1 atom stereocenters. The molecule has 0 aliphatic heterocycles. The lowest BCUT2D eigenvalue weighted by atomic mass is 10.3. The molecule has 1 heterocycles. The summed E-state index contributed by atoms with van der Waals surface area (Å²) in [7, 11) is 0. The molecule has 0 spiro atoms. The molecule has 1 aromatic rings. The molecule has 0 fully saturated rings. The van der Waals surface area contributed by atoms with Crippen molar-refractivity contribution in [1.82, 2.24) is 9.78 Å². The first-order valence-electron chi connectivity index (χ1n) is 3.67. The Kier molecular flexibility index (Phi) is 2.51. The van der Waals surface area contributed by atoms with Crippen LogP contribution in [0.25, 0.3) is 0 Å². The number of nitrogens with zero attached hydrogens (tertiary/aromatic N) is 2. The van der Waals surface area contributed by atoms with Crippen LogP contribution in [-0.2, 0) is 6.54 Å². The summed E-state index contributed by atoms with van der Waals surface area (Å²) in [5.74, 6) is 0.443. The fourth-order valence-corrected chi connectivity index (χ4v) is 0.851. The fraction of sp³-hybridized carbons (Fsp3) is 0.500. The molecule has 0 saturated heterocycles. The lowest BCUT2D eigenvalue weighted by molar-refractivity contribution is 0.522. The van der Waals surface area contributed by atoms with E-state index in [1.54, 1.807) is 4.68 Å². The second kappa shape index (κ2) is 3.42. The standard InChI is InChI=1S/C6H14N6/c7-1-4(8)3-12-6(10)5(9)2-11-12/h2,4H,1,3,7-10H2. The van der Waals surface area contributed by atoms with Crippen molar-refractivity contribution in [3.05, 3.63) is 6.20 Å². The Labute approximate surface area is 70.5 Å². The van der Waals surface area contributed by atoms with Gasteiger partial charge in [-0.25, -0.2) is 4.68 Å². The van der Waals surface area contributed by atoms with Crippen LogP contribution in [0.15, 0.2) is 6.20 Å². The molecule has 6 nitrogen and oxygen atoms in total. The second-order valence-electron chi connectivity index (χ2n) is 2.66. The number of rotatable bonds is 3. The average Bonchev–Trinajstić information content (AvgIpc) is 2.36. The van der Waals surface area contributed by atoms with E-state index in [9.17, 15) is 0 Å². The van der Waals surface area contributed by atoms with Gasteiger partial charge in [0.05, 0.1) is 18.4 Å². The average molecular weight is 170 g/mol. The third-order valence-electron chi connectivity index (χ3n) is 1.62. The van der Waals surface area contributed by atoms with E-state index in [1.165, 1.54) is 6.20 Å². The molecule has 0 aliphatic carbocycles. The van der Waals surface area contributed by atoms with Crippen LogP contribution in [-0.4, -0.2) is 22.4 Å². The zero-order valence-corrected chi connectivity index (χ0v) is 6.77. The van der Waals surface area contributed by atoms with Crippen LogP contribution in [0, 0.1) is 0 Å². The van der Waals surface area contributed by atoms with Gasteiger partial charge < -0.3 is 22.9 Å². The van der Waals surface area contributed by atoms with Gasteiger partial charge in [-0.2, -0.15) is 5.10 Å². The lowest BCUT2D eigenvalue weighted by Gasteiger charge is -2.09. The molecular formula is C6H14N6. The predicted molar refractivity (Wildman–Crippen MR) is 48.1 cm³/mol. The van der Waals surface area contributed by atoms with Gasteiger partial charge in [0.25, 0.3) is 0 Å². The summed E-state index contributed by atoms with van der Waals surface area (Å²) in [6.45, 7) is 0.902. The van der Waals surface area contributed by atoms with Gasteiger partial charge in [0.2, 0.25) is 0 Å². The maximum Gasteiger partial charge on any atom is 0.145 e. The van der Waals surface area contributed by atoms with Crippen LogP contribution < -0.4 is 22.9 Å². The molecule has 1 rings (SSSR count). The van der Waals surface area contributed by atoms with Crippen LogP contribution >= 0.6 is 0 Å². The molecule has 1 unspecified atom stereocenters. The SMILES string of the molecule is NCC(N)Cn1ncc(N)c1N. The number of hydrogen-bond donors (Lipinski definition) is 4. The zero-order valence-electron chi connectivity index (χ0n) is 6.77. The van der Waals surface area contributed by atoms with E-state index < -0.39 is 0 Å². The molecule has 6 heteroatoms. The Morgan fingerprint density at radius 1 is 1.50 bits per heavy atom. The van der Waals surface area contributed by atoms with E-state index in [0.29, 0.717) is 24.6 Å². The van der Waals surface area contributed by atoms with Crippen molar-refractivity contribution in [3.63, 3.8) is 0 Å². The van der Waals surface area contributed by atoms with Gasteiger partial charge in [0, 0.05) is 12.6 Å². The Morgan fingerprint density at radius 2 is 2.17 bits per heavy atom. The van der Waals surface area contributed by atoms with Gasteiger partial charge in [0.15, 0.2) is 0 Å². The van der Waals surface area contributed by atoms with Crippen molar-refractivity contribution in [2.24, 2.45) is 11.5 Å². The molecule has 0 aliphatic rings. The van der Waals surface area contributed by atoms with Gasteiger partial charge in [-0.05, 0) is 0 Å². The molecule has 0 aromatic carbocycles. The highest BCUT2D eigenvalue weighted by molar-refractivity contribution is 5.56. The molecule has 12 heavy (non-hydrogen) atoms. The molecule has 0 amide bonds. The smallest absolute Gasteiger partial charge is 0.145 e. The Hall–Kier alpha value is -1.27. The van der Waals surface area contributed by atoms with Crippen molar-refractivity contribution in [2.45, 2.75) is 12.6 Å². The molecular weight excluding hydrogens is 156 g/mol. The van der Waals surface area contributed by atoms with Crippen molar-refractivity contribution in [3.8, 4) is 0 Å². The minimum atomic E-state index is -0.133. The third-order valence-corrected chi connectivity index (χ3v) is 1.62. The van der Waals surface area contributed by atoms with Gasteiger partial charge in [0.1, 0.15) is 5.82 Å². The van der Waals surface area contributed by atoms with E-state index in [1.807, 2.05) is 0 Å². The van der Waals surface area contributed by atoms with E-state index in [2.05, 4.69) is 5.10 Å². The van der Waals surface area contributed by atoms with Crippen LogP contribution in [0.1, 0.15) is 0 Å². The highest BCUT2D eigenvalue weighted by atomic mass is 15.3. The molecule has 8 N–H and O–H groups in total. The predicted octanol–water partition coefficient (Wildman–Crippen LogP) is -1.67. The van der Waals surface area contributed by atoms with Crippen molar-refractivity contribution >= 4 is 11.5 Å². The van der Waals surface area contributed by atoms with Crippen LogP contribution in [0.2, 0.25) is 0 Å². The second-order valence-corrected chi connectivity index (χ2v) is 2.66. The molecule has 0 saturated carbocycles. The largest absolute Gasteiger partial charge is 0.394 e. The van der Waals surface area contributed by atoms with Crippen molar-refractivity contribution < 1.29 is 0 Å². The third kappa shape index (κ3) is 1.66. The maximum atomic E-state index is 5.60. The van der Waals surface area contributed by atoms with Gasteiger partial charge in [-0.3, -0.25) is 0 Å².